The van der Waals surface area contributed by atoms with Crippen LogP contribution in [0, 0.1) is 23.7 Å². The predicted molar refractivity (Wildman–Crippen MR) is 76.0 cm³/mol. The van der Waals surface area contributed by atoms with Crippen LogP contribution in [-0.4, -0.2) is 17.4 Å². The van der Waals surface area contributed by atoms with Crippen LogP contribution in [0.15, 0.2) is 11.6 Å². The van der Waals surface area contributed by atoms with Gasteiger partial charge in [-0.25, -0.2) is 4.79 Å². The third-order valence-corrected chi connectivity index (χ3v) is 5.81. The minimum atomic E-state index is -0.310. The number of hydrogen-bond acceptors (Lipinski definition) is 3. The molecular formula is C17H24O3. The van der Waals surface area contributed by atoms with Crippen LogP contribution in [0.3, 0.4) is 0 Å². The maximum absolute atomic E-state index is 12.2. The fourth-order valence-electron chi connectivity index (χ4n) is 4.93. The van der Waals surface area contributed by atoms with Crippen LogP contribution >= 0.6 is 0 Å². The number of carbonyl (C=O) groups excluding carboxylic acids is 2. The van der Waals surface area contributed by atoms with E-state index in [9.17, 15) is 9.59 Å². The molecule has 3 heteroatoms. The fraction of sp³-hybridized carbons (Fsp3) is 0.765. The first-order chi connectivity index (χ1) is 9.38. The molecule has 4 rings (SSSR count). The average molecular weight is 276 g/mol. The molecule has 4 bridgehead atoms. The largest absolute Gasteiger partial charge is 0.455 e. The van der Waals surface area contributed by atoms with E-state index in [1.807, 2.05) is 0 Å². The molecule has 4 saturated carbocycles. The molecular weight excluding hydrogens is 252 g/mol. The molecule has 0 aromatic carbocycles. The summed E-state index contributed by atoms with van der Waals surface area (Å²) in [5, 5.41) is 0. The highest BCUT2D eigenvalue weighted by atomic mass is 16.6. The third-order valence-electron chi connectivity index (χ3n) is 5.81. The van der Waals surface area contributed by atoms with Gasteiger partial charge in [0, 0.05) is 5.57 Å². The molecule has 0 N–H and O–H groups in total. The number of esters is 1. The quantitative estimate of drug-likeness (QED) is 0.587. The van der Waals surface area contributed by atoms with Crippen molar-refractivity contribution in [3.63, 3.8) is 0 Å². The van der Waals surface area contributed by atoms with Gasteiger partial charge in [-0.15, -0.1) is 0 Å². The van der Waals surface area contributed by atoms with Crippen molar-refractivity contribution < 1.29 is 14.3 Å². The van der Waals surface area contributed by atoms with Gasteiger partial charge in [0.05, 0.1) is 0 Å². The predicted octanol–water partition coefficient (Wildman–Crippen LogP) is 3.28. The molecule has 4 aliphatic rings. The van der Waals surface area contributed by atoms with E-state index in [0.717, 1.165) is 11.8 Å². The van der Waals surface area contributed by atoms with Crippen LogP contribution in [0.4, 0.5) is 0 Å². The van der Waals surface area contributed by atoms with Gasteiger partial charge in [0.2, 0.25) is 0 Å². The van der Waals surface area contributed by atoms with Gasteiger partial charge in [-0.1, -0.05) is 0 Å². The van der Waals surface area contributed by atoms with E-state index in [2.05, 4.69) is 6.92 Å². The lowest BCUT2D eigenvalue weighted by molar-refractivity contribution is -0.199. The first-order valence-corrected chi connectivity index (χ1v) is 7.80. The summed E-state index contributed by atoms with van der Waals surface area (Å²) in [7, 11) is 0. The normalized spacial score (nSPS) is 42.6. The van der Waals surface area contributed by atoms with Crippen LogP contribution in [0.1, 0.15) is 52.9 Å². The molecule has 0 aromatic heterocycles. The lowest BCUT2D eigenvalue weighted by atomic mass is 9.50. The number of hydrogen-bond donors (Lipinski definition) is 0. The minimum Gasteiger partial charge on any atom is -0.455 e. The molecule has 0 atom stereocenters. The molecule has 0 saturated heterocycles. The van der Waals surface area contributed by atoms with Crippen molar-refractivity contribution in [1.29, 1.82) is 0 Å². The molecule has 0 heterocycles. The van der Waals surface area contributed by atoms with E-state index < -0.39 is 0 Å². The standard InChI is InChI=1S/C17H24O3/c1-10(4-11(2)18)16(19)20-17(3)14-6-12-5-13(8-14)9-15(17)7-12/h4,12-15H,5-9H2,1-3H3/b10-4+. The Labute approximate surface area is 120 Å². The summed E-state index contributed by atoms with van der Waals surface area (Å²) in [6, 6.07) is 0. The van der Waals surface area contributed by atoms with Crippen LogP contribution in [0.2, 0.25) is 0 Å². The second-order valence-electron chi connectivity index (χ2n) is 7.32. The Kier molecular flexibility index (Phi) is 3.26. The average Bonchev–Trinajstić information content (AvgIpc) is 2.34. The van der Waals surface area contributed by atoms with Crippen molar-refractivity contribution in [3.05, 3.63) is 11.6 Å². The molecule has 20 heavy (non-hydrogen) atoms. The van der Waals surface area contributed by atoms with Gasteiger partial charge in [0.1, 0.15) is 5.60 Å². The van der Waals surface area contributed by atoms with Crippen molar-refractivity contribution in [2.24, 2.45) is 23.7 Å². The molecule has 0 unspecified atom stereocenters. The molecule has 0 radical (unpaired) electrons. The van der Waals surface area contributed by atoms with E-state index in [0.29, 0.717) is 17.4 Å². The van der Waals surface area contributed by atoms with Gasteiger partial charge in [0.15, 0.2) is 5.78 Å². The highest BCUT2D eigenvalue weighted by molar-refractivity contribution is 5.98. The molecule has 0 amide bonds. The molecule has 3 nitrogen and oxygen atoms in total. The SMILES string of the molecule is CC(=O)/C=C(\C)C(=O)OC1(C)C2CC3CC(C2)CC1C3. The molecule has 0 spiro atoms. The van der Waals surface area contributed by atoms with Gasteiger partial charge < -0.3 is 4.74 Å². The molecule has 110 valence electrons. The Hall–Kier alpha value is -1.12. The lowest BCUT2D eigenvalue weighted by Gasteiger charge is -2.59. The second-order valence-corrected chi connectivity index (χ2v) is 7.32. The van der Waals surface area contributed by atoms with Crippen molar-refractivity contribution in [2.75, 3.05) is 0 Å². The summed E-state index contributed by atoms with van der Waals surface area (Å²) in [5.41, 5.74) is 0.115. The summed E-state index contributed by atoms with van der Waals surface area (Å²) in [6.07, 6.45) is 7.62. The minimum absolute atomic E-state index is 0.102. The molecule has 4 aliphatic carbocycles. The van der Waals surface area contributed by atoms with Crippen LogP contribution < -0.4 is 0 Å². The van der Waals surface area contributed by atoms with Gasteiger partial charge in [-0.3, -0.25) is 4.79 Å². The van der Waals surface area contributed by atoms with E-state index in [4.69, 9.17) is 4.74 Å². The zero-order chi connectivity index (χ0) is 14.5. The van der Waals surface area contributed by atoms with Gasteiger partial charge in [-0.05, 0) is 82.6 Å². The van der Waals surface area contributed by atoms with Crippen LogP contribution in [-0.2, 0) is 14.3 Å². The number of ketones is 1. The Balaban J connectivity index is 1.76. The molecule has 4 fully saturated rings. The Bertz CT molecular complexity index is 447. The van der Waals surface area contributed by atoms with Crippen molar-refractivity contribution >= 4 is 11.8 Å². The summed E-state index contributed by atoms with van der Waals surface area (Å²) in [6.45, 7) is 5.25. The van der Waals surface area contributed by atoms with Gasteiger partial charge in [0.25, 0.3) is 0 Å². The Morgan fingerprint density at radius 3 is 1.95 bits per heavy atom. The highest BCUT2D eigenvalue weighted by Gasteiger charge is 2.57. The van der Waals surface area contributed by atoms with Crippen molar-refractivity contribution in [2.45, 2.75) is 58.5 Å². The van der Waals surface area contributed by atoms with Crippen LogP contribution in [0.5, 0.6) is 0 Å². The lowest BCUT2D eigenvalue weighted by Crippen LogP contribution is -2.58. The van der Waals surface area contributed by atoms with Crippen molar-refractivity contribution in [1.82, 2.24) is 0 Å². The monoisotopic (exact) mass is 276 g/mol. The summed E-state index contributed by atoms with van der Waals surface area (Å²) >= 11 is 0. The van der Waals surface area contributed by atoms with Gasteiger partial charge in [-0.2, -0.15) is 0 Å². The first-order valence-electron chi connectivity index (χ1n) is 7.80. The Morgan fingerprint density at radius 2 is 1.50 bits per heavy atom. The number of carbonyl (C=O) groups is 2. The number of allylic oxidation sites excluding steroid dienone is 1. The topological polar surface area (TPSA) is 43.4 Å². The van der Waals surface area contributed by atoms with E-state index in [-0.39, 0.29) is 17.4 Å². The number of ether oxygens (including phenoxy) is 1. The maximum Gasteiger partial charge on any atom is 0.334 e. The molecule has 0 aliphatic heterocycles. The van der Waals surface area contributed by atoms with E-state index in [1.165, 1.54) is 45.1 Å². The highest BCUT2D eigenvalue weighted by Crippen LogP contribution is 2.59. The number of rotatable bonds is 3. The Morgan fingerprint density at radius 1 is 1.00 bits per heavy atom. The summed E-state index contributed by atoms with van der Waals surface area (Å²) in [5.74, 6) is 2.35. The third kappa shape index (κ3) is 2.21. The molecule has 0 aromatic rings. The zero-order valence-corrected chi connectivity index (χ0v) is 12.6. The second kappa shape index (κ2) is 4.71. The van der Waals surface area contributed by atoms with Crippen molar-refractivity contribution in [3.8, 4) is 0 Å². The summed E-state index contributed by atoms with van der Waals surface area (Å²) < 4.78 is 5.92. The smallest absolute Gasteiger partial charge is 0.334 e. The van der Waals surface area contributed by atoms with E-state index in [1.54, 1.807) is 6.92 Å². The zero-order valence-electron chi connectivity index (χ0n) is 12.6. The maximum atomic E-state index is 12.2. The first kappa shape index (κ1) is 13.8. The summed E-state index contributed by atoms with van der Waals surface area (Å²) in [4.78, 5) is 23.3. The van der Waals surface area contributed by atoms with E-state index >= 15 is 0 Å². The van der Waals surface area contributed by atoms with Crippen LogP contribution in [0.25, 0.3) is 0 Å². The fourth-order valence-corrected chi connectivity index (χ4v) is 4.93. The van der Waals surface area contributed by atoms with Gasteiger partial charge >= 0.3 is 5.97 Å².